The van der Waals surface area contributed by atoms with Crippen LogP contribution in [0.5, 0.6) is 0 Å². The van der Waals surface area contributed by atoms with Gasteiger partial charge in [0.05, 0.1) is 6.61 Å². The number of carbonyl (C=O) groups is 1. The number of hydrogen-bond acceptors (Lipinski definition) is 2. The molecule has 0 aromatic carbocycles. The van der Waals surface area contributed by atoms with Crippen molar-refractivity contribution in [2.75, 3.05) is 13.2 Å². The first kappa shape index (κ1) is 15.4. The Labute approximate surface area is 94.2 Å². The molecule has 0 N–H and O–H groups in total. The summed E-state index contributed by atoms with van der Waals surface area (Å²) in [5.74, 6) is -0.0444. The van der Waals surface area contributed by atoms with Gasteiger partial charge >= 0.3 is 6.18 Å². The van der Waals surface area contributed by atoms with Gasteiger partial charge < -0.3 is 4.74 Å². The molecular weight excluding hydrogens is 221 g/mol. The SMILES string of the molecule is CC(C)(C)CCC(=O)CCOCC(F)(F)F. The van der Waals surface area contributed by atoms with Gasteiger partial charge in [0.1, 0.15) is 12.4 Å². The molecule has 0 aliphatic carbocycles. The van der Waals surface area contributed by atoms with Crippen molar-refractivity contribution >= 4 is 5.78 Å². The van der Waals surface area contributed by atoms with Crippen LogP contribution < -0.4 is 0 Å². The van der Waals surface area contributed by atoms with E-state index in [1.807, 2.05) is 20.8 Å². The average Bonchev–Trinajstić information content (AvgIpc) is 2.06. The fraction of sp³-hybridized carbons (Fsp3) is 0.909. The van der Waals surface area contributed by atoms with Crippen molar-refractivity contribution in [3.05, 3.63) is 0 Å². The quantitative estimate of drug-likeness (QED) is 0.665. The van der Waals surface area contributed by atoms with Crippen molar-refractivity contribution in [1.29, 1.82) is 0 Å². The molecule has 0 atom stereocenters. The molecule has 0 saturated heterocycles. The molecule has 0 heterocycles. The monoisotopic (exact) mass is 240 g/mol. The second kappa shape index (κ2) is 6.23. The van der Waals surface area contributed by atoms with E-state index in [0.717, 1.165) is 6.42 Å². The van der Waals surface area contributed by atoms with E-state index >= 15 is 0 Å². The fourth-order valence-electron chi connectivity index (χ4n) is 1.01. The van der Waals surface area contributed by atoms with Crippen LogP contribution in [-0.2, 0) is 9.53 Å². The third-order valence-electron chi connectivity index (χ3n) is 1.94. The maximum atomic E-state index is 11.7. The minimum Gasteiger partial charge on any atom is -0.372 e. The Balaban J connectivity index is 3.52. The summed E-state index contributed by atoms with van der Waals surface area (Å²) in [4.78, 5) is 11.3. The Morgan fingerprint density at radius 3 is 2.12 bits per heavy atom. The van der Waals surface area contributed by atoms with Crippen LogP contribution in [0.3, 0.4) is 0 Å². The summed E-state index contributed by atoms with van der Waals surface area (Å²) in [7, 11) is 0. The summed E-state index contributed by atoms with van der Waals surface area (Å²) in [6.45, 7) is 4.61. The molecule has 96 valence electrons. The molecule has 0 bridgehead atoms. The zero-order valence-electron chi connectivity index (χ0n) is 9.99. The van der Waals surface area contributed by atoms with Gasteiger partial charge in [-0.15, -0.1) is 0 Å². The molecule has 0 aliphatic heterocycles. The average molecular weight is 240 g/mol. The van der Waals surface area contributed by atoms with E-state index in [0.29, 0.717) is 6.42 Å². The fourth-order valence-corrected chi connectivity index (χ4v) is 1.01. The number of Topliss-reactive ketones (excluding diaryl/α,β-unsaturated/α-hetero) is 1. The molecule has 0 spiro atoms. The molecule has 0 aromatic heterocycles. The first-order chi connectivity index (χ1) is 7.10. The lowest BCUT2D eigenvalue weighted by Gasteiger charge is -2.16. The van der Waals surface area contributed by atoms with E-state index in [1.165, 1.54) is 0 Å². The Hall–Kier alpha value is -0.580. The third-order valence-corrected chi connectivity index (χ3v) is 1.94. The van der Waals surface area contributed by atoms with E-state index in [4.69, 9.17) is 0 Å². The summed E-state index contributed by atoms with van der Waals surface area (Å²) >= 11 is 0. The largest absolute Gasteiger partial charge is 0.411 e. The number of carbonyl (C=O) groups excluding carboxylic acids is 1. The molecule has 0 fully saturated rings. The second-order valence-electron chi connectivity index (χ2n) is 5.02. The first-order valence-electron chi connectivity index (χ1n) is 5.26. The molecule has 16 heavy (non-hydrogen) atoms. The lowest BCUT2D eigenvalue weighted by Crippen LogP contribution is -2.18. The predicted molar refractivity (Wildman–Crippen MR) is 55.2 cm³/mol. The summed E-state index contributed by atoms with van der Waals surface area (Å²) < 4.78 is 39.4. The van der Waals surface area contributed by atoms with Gasteiger partial charge in [-0.3, -0.25) is 4.79 Å². The van der Waals surface area contributed by atoms with Crippen LogP contribution >= 0.6 is 0 Å². The molecule has 0 rings (SSSR count). The van der Waals surface area contributed by atoms with E-state index in [2.05, 4.69) is 4.74 Å². The highest BCUT2D eigenvalue weighted by Gasteiger charge is 2.27. The van der Waals surface area contributed by atoms with Crippen molar-refractivity contribution in [2.45, 2.75) is 46.2 Å². The summed E-state index contributed by atoms with van der Waals surface area (Å²) in [5, 5.41) is 0. The highest BCUT2D eigenvalue weighted by Crippen LogP contribution is 2.21. The zero-order chi connectivity index (χ0) is 12.8. The molecule has 0 amide bonds. The second-order valence-corrected chi connectivity index (χ2v) is 5.02. The van der Waals surface area contributed by atoms with Crippen LogP contribution in [0.25, 0.3) is 0 Å². The van der Waals surface area contributed by atoms with Gasteiger partial charge in [-0.25, -0.2) is 0 Å². The van der Waals surface area contributed by atoms with Gasteiger partial charge in [0.2, 0.25) is 0 Å². The highest BCUT2D eigenvalue weighted by atomic mass is 19.4. The summed E-state index contributed by atoms with van der Waals surface area (Å²) in [6.07, 6.45) is -3.11. The maximum Gasteiger partial charge on any atom is 0.411 e. The smallest absolute Gasteiger partial charge is 0.372 e. The Kier molecular flexibility index (Phi) is 6.00. The standard InChI is InChI=1S/C11H19F3O2/c1-10(2,3)6-4-9(15)5-7-16-8-11(12,13)14/h4-8H2,1-3H3. The summed E-state index contributed by atoms with van der Waals surface area (Å²) in [5.41, 5.74) is 0.0719. The van der Waals surface area contributed by atoms with Gasteiger partial charge in [-0.1, -0.05) is 20.8 Å². The van der Waals surface area contributed by atoms with Crippen LogP contribution in [0.2, 0.25) is 0 Å². The minimum absolute atomic E-state index is 0.0444. The van der Waals surface area contributed by atoms with Crippen LogP contribution in [0, 0.1) is 5.41 Å². The Bertz CT molecular complexity index is 216. The molecule has 5 heteroatoms. The first-order valence-corrected chi connectivity index (χ1v) is 5.26. The lowest BCUT2D eigenvalue weighted by atomic mass is 9.89. The van der Waals surface area contributed by atoms with Crippen molar-refractivity contribution in [1.82, 2.24) is 0 Å². The third kappa shape index (κ3) is 11.5. The van der Waals surface area contributed by atoms with E-state index in [-0.39, 0.29) is 24.2 Å². The molecule has 0 saturated carbocycles. The van der Waals surface area contributed by atoms with Crippen molar-refractivity contribution in [3.8, 4) is 0 Å². The van der Waals surface area contributed by atoms with Gasteiger partial charge in [0.25, 0.3) is 0 Å². The number of alkyl halides is 3. The van der Waals surface area contributed by atoms with Crippen molar-refractivity contribution in [3.63, 3.8) is 0 Å². The van der Waals surface area contributed by atoms with Gasteiger partial charge in [-0.2, -0.15) is 13.2 Å². The highest BCUT2D eigenvalue weighted by molar-refractivity contribution is 5.78. The van der Waals surface area contributed by atoms with Crippen LogP contribution in [0.15, 0.2) is 0 Å². The molecule has 0 unspecified atom stereocenters. The van der Waals surface area contributed by atoms with E-state index < -0.39 is 12.8 Å². The predicted octanol–water partition coefficient (Wildman–Crippen LogP) is 3.35. The van der Waals surface area contributed by atoms with E-state index in [1.54, 1.807) is 0 Å². The maximum absolute atomic E-state index is 11.7. The van der Waals surface area contributed by atoms with Crippen LogP contribution in [0.1, 0.15) is 40.0 Å². The Morgan fingerprint density at radius 2 is 1.69 bits per heavy atom. The number of rotatable bonds is 6. The number of hydrogen-bond donors (Lipinski definition) is 0. The topological polar surface area (TPSA) is 26.3 Å². The molecule has 0 aliphatic rings. The van der Waals surface area contributed by atoms with Crippen LogP contribution in [-0.4, -0.2) is 25.2 Å². The number of ketones is 1. The van der Waals surface area contributed by atoms with Crippen LogP contribution in [0.4, 0.5) is 13.2 Å². The normalized spacial score (nSPS) is 12.9. The molecular formula is C11H19F3O2. The van der Waals surface area contributed by atoms with Gasteiger partial charge in [0.15, 0.2) is 0 Å². The van der Waals surface area contributed by atoms with Crippen molar-refractivity contribution in [2.24, 2.45) is 5.41 Å². The lowest BCUT2D eigenvalue weighted by molar-refractivity contribution is -0.174. The Morgan fingerprint density at radius 1 is 1.12 bits per heavy atom. The molecule has 0 aromatic rings. The zero-order valence-corrected chi connectivity index (χ0v) is 9.99. The van der Waals surface area contributed by atoms with Gasteiger partial charge in [-0.05, 0) is 11.8 Å². The van der Waals surface area contributed by atoms with E-state index in [9.17, 15) is 18.0 Å². The molecule has 2 nitrogen and oxygen atoms in total. The van der Waals surface area contributed by atoms with Crippen molar-refractivity contribution < 1.29 is 22.7 Å². The molecule has 0 radical (unpaired) electrons. The number of ether oxygens (including phenoxy) is 1. The van der Waals surface area contributed by atoms with Gasteiger partial charge in [0, 0.05) is 12.8 Å². The summed E-state index contributed by atoms with van der Waals surface area (Å²) in [6, 6.07) is 0. The number of halogens is 3. The minimum atomic E-state index is -4.31.